The van der Waals surface area contributed by atoms with Crippen LogP contribution in [-0.2, 0) is 4.74 Å². The summed E-state index contributed by atoms with van der Waals surface area (Å²) in [6.07, 6.45) is 3.16. The van der Waals surface area contributed by atoms with Crippen LogP contribution in [0.3, 0.4) is 0 Å². The molecule has 0 bridgehead atoms. The van der Waals surface area contributed by atoms with Crippen molar-refractivity contribution in [3.8, 4) is 0 Å². The van der Waals surface area contributed by atoms with Crippen molar-refractivity contribution in [2.45, 2.75) is 38.4 Å². The minimum atomic E-state index is -0.190. The molecule has 1 saturated heterocycles. The van der Waals surface area contributed by atoms with E-state index in [-0.39, 0.29) is 12.2 Å². The summed E-state index contributed by atoms with van der Waals surface area (Å²) in [5.41, 5.74) is 0. The Kier molecular flexibility index (Phi) is 2.49. The summed E-state index contributed by atoms with van der Waals surface area (Å²) in [6, 6.07) is 0. The van der Waals surface area contributed by atoms with Crippen molar-refractivity contribution in [3.63, 3.8) is 0 Å². The maximum atomic E-state index is 9.20. The zero-order valence-electron chi connectivity index (χ0n) is 5.84. The molecular formula is C7H14O2. The zero-order chi connectivity index (χ0) is 6.69. The predicted molar refractivity (Wildman–Crippen MR) is 35.3 cm³/mol. The Morgan fingerprint density at radius 1 is 1.78 bits per heavy atom. The van der Waals surface area contributed by atoms with Gasteiger partial charge in [-0.1, -0.05) is 19.8 Å². The second-order valence-corrected chi connectivity index (χ2v) is 2.58. The topological polar surface area (TPSA) is 32.8 Å². The molecule has 9 heavy (non-hydrogen) atoms. The first-order chi connectivity index (χ1) is 4.34. The molecule has 1 aliphatic rings. The number of unbranched alkanes of at least 4 members (excludes halogenated alkanes) is 1. The Hall–Kier alpha value is -0.0800. The van der Waals surface area contributed by atoms with Crippen molar-refractivity contribution >= 4 is 0 Å². The molecule has 1 aliphatic heterocycles. The lowest BCUT2D eigenvalue weighted by molar-refractivity contribution is 0.124. The molecule has 0 aromatic carbocycles. The zero-order valence-corrected chi connectivity index (χ0v) is 5.84. The highest BCUT2D eigenvalue weighted by molar-refractivity contribution is 4.77. The SMILES string of the molecule is CCCC[C@H](O)[C@H]1CO1. The molecular weight excluding hydrogens is 116 g/mol. The molecule has 0 aliphatic carbocycles. The summed E-state index contributed by atoms with van der Waals surface area (Å²) in [5, 5.41) is 9.20. The van der Waals surface area contributed by atoms with Crippen LogP contribution in [0.2, 0.25) is 0 Å². The predicted octanol–water partition coefficient (Wildman–Crippen LogP) is 0.936. The average Bonchev–Trinajstić information content (AvgIpc) is 2.63. The van der Waals surface area contributed by atoms with Gasteiger partial charge in [0.2, 0.25) is 0 Å². The number of rotatable bonds is 4. The van der Waals surface area contributed by atoms with Gasteiger partial charge in [0.1, 0.15) is 6.10 Å². The van der Waals surface area contributed by atoms with Crippen molar-refractivity contribution in [2.24, 2.45) is 0 Å². The van der Waals surface area contributed by atoms with Crippen molar-refractivity contribution in [1.82, 2.24) is 0 Å². The Morgan fingerprint density at radius 3 is 2.89 bits per heavy atom. The standard InChI is InChI=1S/C7H14O2/c1-2-3-4-6(8)7-5-9-7/h6-8H,2-5H2,1H3/t6-,7+/m0/s1. The number of aliphatic hydroxyl groups excluding tert-OH is 1. The van der Waals surface area contributed by atoms with Crippen LogP contribution in [-0.4, -0.2) is 23.9 Å². The Balaban J connectivity index is 1.96. The van der Waals surface area contributed by atoms with Gasteiger partial charge in [0.25, 0.3) is 0 Å². The number of aliphatic hydroxyl groups is 1. The second kappa shape index (κ2) is 3.18. The fourth-order valence-corrected chi connectivity index (χ4v) is 0.877. The molecule has 1 heterocycles. The van der Waals surface area contributed by atoms with E-state index in [4.69, 9.17) is 4.74 Å². The van der Waals surface area contributed by atoms with Crippen LogP contribution in [0.1, 0.15) is 26.2 Å². The molecule has 54 valence electrons. The third kappa shape index (κ3) is 2.33. The van der Waals surface area contributed by atoms with Gasteiger partial charge < -0.3 is 9.84 Å². The lowest BCUT2D eigenvalue weighted by Crippen LogP contribution is -2.13. The van der Waals surface area contributed by atoms with E-state index >= 15 is 0 Å². The Labute approximate surface area is 55.8 Å². The number of hydrogen-bond donors (Lipinski definition) is 1. The molecule has 1 fully saturated rings. The van der Waals surface area contributed by atoms with E-state index < -0.39 is 0 Å². The van der Waals surface area contributed by atoms with Gasteiger partial charge >= 0.3 is 0 Å². The Morgan fingerprint density at radius 2 is 2.44 bits per heavy atom. The van der Waals surface area contributed by atoms with E-state index in [0.29, 0.717) is 0 Å². The molecule has 2 nitrogen and oxygen atoms in total. The van der Waals surface area contributed by atoms with Crippen LogP contribution in [0.4, 0.5) is 0 Å². The molecule has 0 spiro atoms. The van der Waals surface area contributed by atoms with Crippen LogP contribution in [0, 0.1) is 0 Å². The molecule has 0 amide bonds. The highest BCUT2D eigenvalue weighted by atomic mass is 16.6. The van der Waals surface area contributed by atoms with Crippen LogP contribution in [0.15, 0.2) is 0 Å². The third-order valence-electron chi connectivity index (χ3n) is 1.64. The molecule has 0 radical (unpaired) electrons. The molecule has 0 aromatic rings. The van der Waals surface area contributed by atoms with Gasteiger partial charge in [-0.05, 0) is 6.42 Å². The second-order valence-electron chi connectivity index (χ2n) is 2.58. The highest BCUT2D eigenvalue weighted by Crippen LogP contribution is 2.17. The molecule has 0 saturated carbocycles. The maximum absolute atomic E-state index is 9.20. The van der Waals surface area contributed by atoms with Gasteiger partial charge in [-0.3, -0.25) is 0 Å². The normalized spacial score (nSPS) is 28.0. The maximum Gasteiger partial charge on any atom is 0.107 e. The van der Waals surface area contributed by atoms with Gasteiger partial charge in [-0.15, -0.1) is 0 Å². The van der Waals surface area contributed by atoms with Crippen molar-refractivity contribution in [2.75, 3.05) is 6.61 Å². The summed E-state index contributed by atoms with van der Waals surface area (Å²) in [6.45, 7) is 2.89. The minimum Gasteiger partial charge on any atom is -0.390 e. The highest BCUT2D eigenvalue weighted by Gasteiger charge is 2.30. The molecule has 1 N–H and O–H groups in total. The van der Waals surface area contributed by atoms with Crippen molar-refractivity contribution in [1.29, 1.82) is 0 Å². The lowest BCUT2D eigenvalue weighted by atomic mass is 10.1. The van der Waals surface area contributed by atoms with Gasteiger partial charge in [0, 0.05) is 0 Å². The molecule has 0 unspecified atom stereocenters. The fraction of sp³-hybridized carbons (Fsp3) is 1.00. The van der Waals surface area contributed by atoms with Crippen LogP contribution >= 0.6 is 0 Å². The van der Waals surface area contributed by atoms with Crippen molar-refractivity contribution < 1.29 is 9.84 Å². The molecule has 2 heteroatoms. The summed E-state index contributed by atoms with van der Waals surface area (Å²) >= 11 is 0. The minimum absolute atomic E-state index is 0.177. The van der Waals surface area contributed by atoms with Gasteiger partial charge in [0.15, 0.2) is 0 Å². The molecule has 0 aromatic heterocycles. The van der Waals surface area contributed by atoms with E-state index in [1.807, 2.05) is 0 Å². The number of hydrogen-bond acceptors (Lipinski definition) is 2. The van der Waals surface area contributed by atoms with Crippen LogP contribution < -0.4 is 0 Å². The quantitative estimate of drug-likeness (QED) is 0.574. The summed E-state index contributed by atoms with van der Waals surface area (Å²) in [4.78, 5) is 0. The van der Waals surface area contributed by atoms with E-state index in [1.54, 1.807) is 0 Å². The smallest absolute Gasteiger partial charge is 0.107 e. The van der Waals surface area contributed by atoms with Gasteiger partial charge in [-0.2, -0.15) is 0 Å². The fourth-order valence-electron chi connectivity index (χ4n) is 0.877. The largest absolute Gasteiger partial charge is 0.390 e. The van der Waals surface area contributed by atoms with E-state index in [1.165, 1.54) is 0 Å². The lowest BCUT2D eigenvalue weighted by Gasteiger charge is -2.03. The van der Waals surface area contributed by atoms with Crippen molar-refractivity contribution in [3.05, 3.63) is 0 Å². The van der Waals surface area contributed by atoms with Crippen LogP contribution in [0.25, 0.3) is 0 Å². The molecule has 1 rings (SSSR count). The third-order valence-corrected chi connectivity index (χ3v) is 1.64. The van der Waals surface area contributed by atoms with Gasteiger partial charge in [-0.25, -0.2) is 0 Å². The average molecular weight is 130 g/mol. The van der Waals surface area contributed by atoms with Crippen LogP contribution in [0.5, 0.6) is 0 Å². The molecule has 2 atom stereocenters. The van der Waals surface area contributed by atoms with Gasteiger partial charge in [0.05, 0.1) is 12.7 Å². The van der Waals surface area contributed by atoms with E-state index in [9.17, 15) is 5.11 Å². The number of epoxide rings is 1. The first kappa shape index (κ1) is 7.03. The Bertz CT molecular complexity index is 79.0. The van der Waals surface area contributed by atoms with E-state index in [2.05, 4.69) is 6.92 Å². The summed E-state index contributed by atoms with van der Waals surface area (Å²) < 4.78 is 4.92. The first-order valence-corrected chi connectivity index (χ1v) is 3.64. The van der Waals surface area contributed by atoms with E-state index in [0.717, 1.165) is 25.9 Å². The summed E-state index contributed by atoms with van der Waals surface area (Å²) in [5.74, 6) is 0. The summed E-state index contributed by atoms with van der Waals surface area (Å²) in [7, 11) is 0. The first-order valence-electron chi connectivity index (χ1n) is 3.64. The number of ether oxygens (including phenoxy) is 1. The monoisotopic (exact) mass is 130 g/mol.